The van der Waals surface area contributed by atoms with Gasteiger partial charge in [0.05, 0.1) is 5.94 Å². The SMILES string of the molecule is COCCC[C@H](NC(=O)[C@@H]1CCCN1C(=O)[C@@H](Cc1ccccc1)NC(=O)OCc1ccccc1)B(O)O.[Na]. The van der Waals surface area contributed by atoms with Crippen molar-refractivity contribution in [3.8, 4) is 0 Å². The summed E-state index contributed by atoms with van der Waals surface area (Å²) in [6, 6.07) is 16.8. The second kappa shape index (κ2) is 17.3. The molecule has 1 radical (unpaired) electrons. The second-order valence-corrected chi connectivity index (χ2v) is 9.30. The molecule has 2 aromatic carbocycles. The first-order valence-electron chi connectivity index (χ1n) is 12.9. The predicted molar refractivity (Wildman–Crippen MR) is 147 cm³/mol. The molecule has 3 rings (SSSR count). The number of benzene rings is 2. The molecular weight excluding hydrogens is 512 g/mol. The van der Waals surface area contributed by atoms with Gasteiger partial charge in [0.2, 0.25) is 11.8 Å². The van der Waals surface area contributed by atoms with Gasteiger partial charge >= 0.3 is 13.2 Å². The van der Waals surface area contributed by atoms with Crippen LogP contribution in [0.25, 0.3) is 0 Å². The standard InChI is InChI=1S/C27H36BN3O7.Na/c1-37-17-9-15-24(28(35)36)30-25(32)23-14-8-16-31(23)26(33)22(18-20-10-4-2-5-11-20)29-27(34)38-19-21-12-6-3-7-13-21;/h2-7,10-13,22-24,35-36H,8-9,14-19H2,1H3,(H,29,34)(H,30,32);/t22-,23+,24+;/m1./s1. The van der Waals surface area contributed by atoms with Crippen LogP contribution >= 0.6 is 0 Å². The number of nitrogens with one attached hydrogen (secondary N) is 2. The van der Waals surface area contributed by atoms with Crippen LogP contribution in [-0.2, 0) is 32.1 Å². The van der Waals surface area contributed by atoms with Gasteiger partial charge in [-0.25, -0.2) is 4.79 Å². The van der Waals surface area contributed by atoms with Crippen molar-refractivity contribution in [2.45, 2.75) is 56.7 Å². The molecule has 0 saturated carbocycles. The first-order valence-corrected chi connectivity index (χ1v) is 12.9. The van der Waals surface area contributed by atoms with Crippen LogP contribution in [0.2, 0.25) is 0 Å². The fourth-order valence-corrected chi connectivity index (χ4v) is 4.48. The van der Waals surface area contributed by atoms with Gasteiger partial charge in [-0.05, 0) is 36.8 Å². The summed E-state index contributed by atoms with van der Waals surface area (Å²) in [5, 5.41) is 24.8. The number of hydrogen-bond donors (Lipinski definition) is 4. The Kier molecular flexibility index (Phi) is 14.6. The van der Waals surface area contributed by atoms with Crippen molar-refractivity contribution < 1.29 is 33.9 Å². The molecule has 1 aliphatic heterocycles. The van der Waals surface area contributed by atoms with Gasteiger partial charge in [0.15, 0.2) is 0 Å². The Morgan fingerprint density at radius 3 is 2.28 bits per heavy atom. The number of hydrogen-bond acceptors (Lipinski definition) is 7. The second-order valence-electron chi connectivity index (χ2n) is 9.30. The Balaban J connectivity index is 0.00000533. The van der Waals surface area contributed by atoms with E-state index in [9.17, 15) is 24.4 Å². The van der Waals surface area contributed by atoms with Gasteiger partial charge in [-0.15, -0.1) is 0 Å². The third kappa shape index (κ3) is 10.6. The quantitative estimate of drug-likeness (QED) is 0.217. The molecular formula is C27H36BN3NaO7. The van der Waals surface area contributed by atoms with E-state index in [4.69, 9.17) is 9.47 Å². The summed E-state index contributed by atoms with van der Waals surface area (Å²) in [6.07, 6.45) is 1.37. The molecule has 3 atom stereocenters. The molecule has 1 heterocycles. The van der Waals surface area contributed by atoms with Crippen LogP contribution in [0.5, 0.6) is 0 Å². The molecule has 10 nitrogen and oxygen atoms in total. The monoisotopic (exact) mass is 548 g/mol. The van der Waals surface area contributed by atoms with Crippen molar-refractivity contribution in [1.82, 2.24) is 15.5 Å². The Morgan fingerprint density at radius 2 is 1.67 bits per heavy atom. The van der Waals surface area contributed by atoms with E-state index in [-0.39, 0.29) is 42.6 Å². The van der Waals surface area contributed by atoms with Crippen molar-refractivity contribution in [3.05, 3.63) is 71.8 Å². The maximum atomic E-state index is 13.7. The molecule has 39 heavy (non-hydrogen) atoms. The van der Waals surface area contributed by atoms with E-state index >= 15 is 0 Å². The molecule has 3 amide bonds. The maximum Gasteiger partial charge on any atom is 0.475 e. The molecule has 12 heteroatoms. The summed E-state index contributed by atoms with van der Waals surface area (Å²) < 4.78 is 10.3. The predicted octanol–water partition coefficient (Wildman–Crippen LogP) is 1.06. The molecule has 1 saturated heterocycles. The van der Waals surface area contributed by atoms with Gasteiger partial charge < -0.3 is 35.1 Å². The van der Waals surface area contributed by atoms with Gasteiger partial charge in [0.25, 0.3) is 0 Å². The minimum absolute atomic E-state index is 0. The average Bonchev–Trinajstić information content (AvgIpc) is 3.42. The minimum atomic E-state index is -1.74. The van der Waals surface area contributed by atoms with Crippen molar-refractivity contribution >= 4 is 54.6 Å². The molecule has 1 aliphatic rings. The summed E-state index contributed by atoms with van der Waals surface area (Å²) in [7, 11) is -0.198. The van der Waals surface area contributed by atoms with E-state index in [2.05, 4.69) is 10.6 Å². The first kappa shape index (κ1) is 32.8. The van der Waals surface area contributed by atoms with Crippen LogP contribution in [0.3, 0.4) is 0 Å². The van der Waals surface area contributed by atoms with Crippen LogP contribution in [0.15, 0.2) is 60.7 Å². The Labute approximate surface area is 251 Å². The molecule has 205 valence electrons. The number of carbonyl (C=O) groups excluding carboxylic acids is 3. The minimum Gasteiger partial charge on any atom is -0.445 e. The van der Waals surface area contributed by atoms with Crippen molar-refractivity contribution in [2.75, 3.05) is 20.3 Å². The van der Waals surface area contributed by atoms with E-state index in [0.29, 0.717) is 38.8 Å². The van der Waals surface area contributed by atoms with Crippen molar-refractivity contribution in [3.63, 3.8) is 0 Å². The van der Waals surface area contributed by atoms with Gasteiger partial charge in [-0.1, -0.05) is 60.7 Å². The van der Waals surface area contributed by atoms with Crippen LogP contribution < -0.4 is 10.6 Å². The third-order valence-electron chi connectivity index (χ3n) is 6.48. The Bertz CT molecular complexity index is 1030. The average molecular weight is 548 g/mol. The normalized spacial score (nSPS) is 16.0. The smallest absolute Gasteiger partial charge is 0.445 e. The van der Waals surface area contributed by atoms with Gasteiger partial charge in [-0.2, -0.15) is 0 Å². The van der Waals surface area contributed by atoms with E-state index in [0.717, 1.165) is 11.1 Å². The third-order valence-corrected chi connectivity index (χ3v) is 6.48. The number of methoxy groups -OCH3 is 1. The first-order chi connectivity index (χ1) is 18.4. The number of amides is 3. The molecule has 1 fully saturated rings. The summed E-state index contributed by atoms with van der Waals surface area (Å²) in [5.41, 5.74) is 1.66. The van der Waals surface area contributed by atoms with Crippen LogP contribution in [0, 0.1) is 0 Å². The summed E-state index contributed by atoms with van der Waals surface area (Å²) in [5.74, 6) is -1.75. The zero-order valence-electron chi connectivity index (χ0n) is 22.6. The van der Waals surface area contributed by atoms with E-state index in [1.165, 1.54) is 4.90 Å². The summed E-state index contributed by atoms with van der Waals surface area (Å²) in [6.45, 7) is 0.820. The molecule has 0 unspecified atom stereocenters. The Hall–Kier alpha value is -2.41. The van der Waals surface area contributed by atoms with Crippen molar-refractivity contribution in [1.29, 1.82) is 0 Å². The zero-order chi connectivity index (χ0) is 27.3. The number of rotatable bonds is 13. The number of nitrogens with zero attached hydrogens (tertiary/aromatic N) is 1. The summed E-state index contributed by atoms with van der Waals surface area (Å²) in [4.78, 5) is 40.9. The molecule has 0 spiro atoms. The number of alkyl carbamates (subject to hydrolysis) is 1. The van der Waals surface area contributed by atoms with E-state index in [1.807, 2.05) is 60.7 Å². The molecule has 0 bridgehead atoms. The fourth-order valence-electron chi connectivity index (χ4n) is 4.48. The molecule has 0 aromatic heterocycles. The molecule has 2 aromatic rings. The van der Waals surface area contributed by atoms with Gasteiger partial charge in [0.1, 0.15) is 18.7 Å². The van der Waals surface area contributed by atoms with Gasteiger partial charge in [-0.3, -0.25) is 9.59 Å². The van der Waals surface area contributed by atoms with Crippen molar-refractivity contribution in [2.24, 2.45) is 0 Å². The zero-order valence-corrected chi connectivity index (χ0v) is 24.6. The molecule has 0 aliphatic carbocycles. The molecule has 4 N–H and O–H groups in total. The number of ether oxygens (including phenoxy) is 2. The topological polar surface area (TPSA) is 137 Å². The summed E-state index contributed by atoms with van der Waals surface area (Å²) >= 11 is 0. The fraction of sp³-hybridized carbons (Fsp3) is 0.444. The maximum absolute atomic E-state index is 13.7. The Morgan fingerprint density at radius 1 is 1.03 bits per heavy atom. The number of carbonyl (C=O) groups is 3. The van der Waals surface area contributed by atoms with Crippen LogP contribution in [0.4, 0.5) is 4.79 Å². The largest absolute Gasteiger partial charge is 0.475 e. The van der Waals surface area contributed by atoms with E-state index < -0.39 is 43.1 Å². The number of likely N-dealkylation sites (tertiary alicyclic amines) is 1. The van der Waals surface area contributed by atoms with Crippen LogP contribution in [-0.4, -0.2) is 108 Å². The van der Waals surface area contributed by atoms with E-state index in [1.54, 1.807) is 7.11 Å². The van der Waals surface area contributed by atoms with Crippen LogP contribution in [0.1, 0.15) is 36.8 Å². The van der Waals surface area contributed by atoms with Gasteiger partial charge in [0, 0.05) is 56.2 Å².